The Morgan fingerprint density at radius 1 is 1.73 bits per heavy atom. The lowest BCUT2D eigenvalue weighted by Crippen LogP contribution is -2.15. The molecule has 2 nitrogen and oxygen atoms in total. The predicted molar refractivity (Wildman–Crippen MR) is 62.7 cm³/mol. The Hall–Kier alpha value is -0.600. The fraction of sp³-hybridized carbons (Fsp3) is 0.692. The molecule has 86 valence electrons. The van der Waals surface area contributed by atoms with Crippen LogP contribution in [0.15, 0.2) is 24.3 Å². The Morgan fingerprint density at radius 3 is 2.80 bits per heavy atom. The summed E-state index contributed by atoms with van der Waals surface area (Å²) in [4.78, 5) is 0. The second-order valence-corrected chi connectivity index (χ2v) is 4.82. The molecule has 0 saturated heterocycles. The summed E-state index contributed by atoms with van der Waals surface area (Å²) in [5.41, 5.74) is 1.35. The highest BCUT2D eigenvalue weighted by Crippen LogP contribution is 2.54. The van der Waals surface area contributed by atoms with Gasteiger partial charge in [0, 0.05) is 13.7 Å². The van der Waals surface area contributed by atoms with Crippen LogP contribution in [-0.4, -0.2) is 24.9 Å². The SMILES string of the molecule is C=C/C=C(\C)[C@@H](C[C@@H]1C[C@@]1(C)CO)OC. The summed E-state index contributed by atoms with van der Waals surface area (Å²) in [5, 5.41) is 9.19. The van der Waals surface area contributed by atoms with Gasteiger partial charge in [0.2, 0.25) is 0 Å². The molecule has 0 aromatic carbocycles. The van der Waals surface area contributed by atoms with Gasteiger partial charge < -0.3 is 9.84 Å². The maximum Gasteiger partial charge on any atom is 0.0784 e. The van der Waals surface area contributed by atoms with Gasteiger partial charge in [0.05, 0.1) is 6.10 Å². The highest BCUT2D eigenvalue weighted by molar-refractivity contribution is 5.14. The molecule has 0 radical (unpaired) electrons. The molecule has 0 aromatic rings. The van der Waals surface area contributed by atoms with Crippen molar-refractivity contribution in [3.05, 3.63) is 24.3 Å². The summed E-state index contributed by atoms with van der Waals surface area (Å²) in [6.07, 6.45) is 6.07. The van der Waals surface area contributed by atoms with E-state index in [1.165, 1.54) is 5.57 Å². The molecule has 1 saturated carbocycles. The van der Waals surface area contributed by atoms with Gasteiger partial charge >= 0.3 is 0 Å². The number of allylic oxidation sites excluding steroid dienone is 2. The molecule has 1 fully saturated rings. The van der Waals surface area contributed by atoms with E-state index in [0.29, 0.717) is 12.5 Å². The first-order valence-electron chi connectivity index (χ1n) is 5.50. The quantitative estimate of drug-likeness (QED) is 0.683. The summed E-state index contributed by atoms with van der Waals surface area (Å²) in [7, 11) is 1.74. The van der Waals surface area contributed by atoms with Crippen molar-refractivity contribution in [2.75, 3.05) is 13.7 Å². The van der Waals surface area contributed by atoms with Crippen LogP contribution in [0.25, 0.3) is 0 Å². The van der Waals surface area contributed by atoms with Crippen LogP contribution in [0.3, 0.4) is 0 Å². The fourth-order valence-corrected chi connectivity index (χ4v) is 2.09. The molecule has 1 rings (SSSR count). The van der Waals surface area contributed by atoms with Gasteiger partial charge in [-0.3, -0.25) is 0 Å². The third-order valence-electron chi connectivity index (χ3n) is 3.57. The zero-order valence-corrected chi connectivity index (χ0v) is 9.99. The van der Waals surface area contributed by atoms with Crippen molar-refractivity contribution in [1.82, 2.24) is 0 Å². The van der Waals surface area contributed by atoms with Gasteiger partial charge in [-0.25, -0.2) is 0 Å². The van der Waals surface area contributed by atoms with Crippen LogP contribution >= 0.6 is 0 Å². The number of aliphatic hydroxyl groups excluding tert-OH is 1. The average Bonchev–Trinajstić information content (AvgIpc) is 2.87. The first-order chi connectivity index (χ1) is 7.07. The third kappa shape index (κ3) is 2.93. The van der Waals surface area contributed by atoms with Gasteiger partial charge in [-0.2, -0.15) is 0 Å². The Kier molecular flexibility index (Phi) is 4.12. The lowest BCUT2D eigenvalue weighted by atomic mass is 10.00. The minimum Gasteiger partial charge on any atom is -0.396 e. The number of hydrogen-bond donors (Lipinski definition) is 1. The first kappa shape index (κ1) is 12.5. The van der Waals surface area contributed by atoms with Crippen LogP contribution in [0, 0.1) is 11.3 Å². The van der Waals surface area contributed by atoms with E-state index in [0.717, 1.165) is 12.8 Å². The van der Waals surface area contributed by atoms with Gasteiger partial charge in [0.1, 0.15) is 0 Å². The normalized spacial score (nSPS) is 32.5. The molecule has 0 spiro atoms. The first-order valence-corrected chi connectivity index (χ1v) is 5.50. The van der Waals surface area contributed by atoms with Crippen molar-refractivity contribution < 1.29 is 9.84 Å². The third-order valence-corrected chi connectivity index (χ3v) is 3.57. The lowest BCUT2D eigenvalue weighted by Gasteiger charge is -2.17. The largest absolute Gasteiger partial charge is 0.396 e. The standard InChI is InChI=1S/C13H22O2/c1-5-6-10(2)12(15-4)7-11-8-13(11,3)9-14/h5-6,11-12,14H,1,7-9H2,2-4H3/b10-6+/t11-,12-,13+/m1/s1. The van der Waals surface area contributed by atoms with Gasteiger partial charge in [0.15, 0.2) is 0 Å². The van der Waals surface area contributed by atoms with Crippen molar-refractivity contribution in [1.29, 1.82) is 0 Å². The predicted octanol–water partition coefficient (Wildman–Crippen LogP) is 2.54. The van der Waals surface area contributed by atoms with Crippen molar-refractivity contribution in [3.8, 4) is 0 Å². The van der Waals surface area contributed by atoms with Crippen LogP contribution < -0.4 is 0 Å². The van der Waals surface area contributed by atoms with Gasteiger partial charge in [0.25, 0.3) is 0 Å². The minimum absolute atomic E-state index is 0.144. The van der Waals surface area contributed by atoms with Crippen LogP contribution in [0.5, 0.6) is 0 Å². The number of ether oxygens (including phenoxy) is 1. The number of rotatable bonds is 6. The van der Waals surface area contributed by atoms with Crippen LogP contribution in [-0.2, 0) is 4.74 Å². The van der Waals surface area contributed by atoms with E-state index in [4.69, 9.17) is 4.74 Å². The zero-order chi connectivity index (χ0) is 11.5. The smallest absolute Gasteiger partial charge is 0.0784 e. The molecule has 15 heavy (non-hydrogen) atoms. The van der Waals surface area contributed by atoms with Crippen LogP contribution in [0.1, 0.15) is 26.7 Å². The molecule has 0 amide bonds. The molecule has 0 unspecified atom stereocenters. The summed E-state index contributed by atoms with van der Waals surface area (Å²) in [6, 6.07) is 0. The Labute approximate surface area is 92.6 Å². The Balaban J connectivity index is 2.49. The summed E-state index contributed by atoms with van der Waals surface area (Å²) in [5.74, 6) is 0.598. The monoisotopic (exact) mass is 210 g/mol. The van der Waals surface area contributed by atoms with Gasteiger partial charge in [-0.1, -0.05) is 25.7 Å². The van der Waals surface area contributed by atoms with Crippen molar-refractivity contribution >= 4 is 0 Å². The fourth-order valence-electron chi connectivity index (χ4n) is 2.09. The van der Waals surface area contributed by atoms with E-state index < -0.39 is 0 Å². The molecule has 3 atom stereocenters. The number of methoxy groups -OCH3 is 1. The number of hydrogen-bond acceptors (Lipinski definition) is 2. The van der Waals surface area contributed by atoms with Crippen molar-refractivity contribution in [3.63, 3.8) is 0 Å². The summed E-state index contributed by atoms with van der Waals surface area (Å²) in [6.45, 7) is 8.17. The van der Waals surface area contributed by atoms with Crippen molar-refractivity contribution in [2.24, 2.45) is 11.3 Å². The molecule has 0 aromatic heterocycles. The zero-order valence-electron chi connectivity index (χ0n) is 9.99. The van der Waals surface area contributed by atoms with E-state index >= 15 is 0 Å². The molecule has 1 aliphatic rings. The van der Waals surface area contributed by atoms with E-state index in [2.05, 4.69) is 20.4 Å². The lowest BCUT2D eigenvalue weighted by molar-refractivity contribution is 0.110. The van der Waals surface area contributed by atoms with E-state index in [-0.39, 0.29) is 11.5 Å². The molecule has 1 aliphatic carbocycles. The highest BCUT2D eigenvalue weighted by atomic mass is 16.5. The van der Waals surface area contributed by atoms with Crippen LogP contribution in [0.2, 0.25) is 0 Å². The molecule has 0 heterocycles. The average molecular weight is 210 g/mol. The summed E-state index contributed by atoms with van der Waals surface area (Å²) < 4.78 is 5.46. The van der Waals surface area contributed by atoms with E-state index in [1.54, 1.807) is 13.2 Å². The second kappa shape index (κ2) is 4.95. The number of aliphatic hydroxyl groups is 1. The molecule has 0 aliphatic heterocycles. The molecule has 2 heteroatoms. The molecule has 1 N–H and O–H groups in total. The maximum atomic E-state index is 9.19. The molecular formula is C13H22O2. The summed E-state index contributed by atoms with van der Waals surface area (Å²) >= 11 is 0. The van der Waals surface area contributed by atoms with E-state index in [9.17, 15) is 5.11 Å². The second-order valence-electron chi connectivity index (χ2n) is 4.82. The van der Waals surface area contributed by atoms with E-state index in [1.807, 2.05) is 6.08 Å². The Morgan fingerprint density at radius 2 is 2.40 bits per heavy atom. The maximum absolute atomic E-state index is 9.19. The minimum atomic E-state index is 0.144. The van der Waals surface area contributed by atoms with Gasteiger partial charge in [-0.05, 0) is 36.7 Å². The van der Waals surface area contributed by atoms with Crippen LogP contribution in [0.4, 0.5) is 0 Å². The van der Waals surface area contributed by atoms with Gasteiger partial charge in [-0.15, -0.1) is 0 Å². The molecular weight excluding hydrogens is 188 g/mol. The Bertz CT molecular complexity index is 257. The molecule has 0 bridgehead atoms. The topological polar surface area (TPSA) is 29.5 Å². The highest BCUT2D eigenvalue weighted by Gasteiger charge is 2.49. The van der Waals surface area contributed by atoms with Crippen molar-refractivity contribution in [2.45, 2.75) is 32.8 Å².